The number of aromatic amines is 1. The largest absolute Gasteiger partial charge is 0.339 e. The SMILES string of the molecule is CCN1CC(c2ccnc3[nH]c(-c4cccc(CN(C)C)c4)cc23)C(c2ccc(NC(=O)N(C)CC)cc2)=N1. The molecule has 2 N–H and O–H groups in total. The molecule has 1 unspecified atom stereocenters. The first kappa shape index (κ1) is 26.4. The molecule has 4 aromatic rings. The molecule has 2 amide bonds. The maximum Gasteiger partial charge on any atom is 0.321 e. The van der Waals surface area contributed by atoms with Crippen molar-refractivity contribution in [3.8, 4) is 11.3 Å². The Morgan fingerprint density at radius 1 is 1.05 bits per heavy atom. The third kappa shape index (κ3) is 5.66. The van der Waals surface area contributed by atoms with Crippen LogP contribution in [0.1, 0.15) is 36.5 Å². The van der Waals surface area contributed by atoms with E-state index < -0.39 is 0 Å². The number of carbonyl (C=O) groups is 1. The topological polar surface area (TPSA) is 79.9 Å². The van der Waals surface area contributed by atoms with Crippen LogP contribution in [0.4, 0.5) is 10.5 Å². The number of nitrogens with one attached hydrogen (secondary N) is 2. The molecule has 0 fully saturated rings. The van der Waals surface area contributed by atoms with Crippen molar-refractivity contribution in [2.45, 2.75) is 26.3 Å². The molecule has 8 nitrogen and oxygen atoms in total. The van der Waals surface area contributed by atoms with Crippen molar-refractivity contribution in [1.82, 2.24) is 24.8 Å². The standard InChI is InChI=1S/C31H37N7O/c1-6-37(5)31(39)33-24-13-11-22(12-14-24)29-27(20-38(7-2)35-29)25-15-16-32-30-26(25)18-28(34-30)23-10-8-9-21(17-23)19-36(3)4/h8-18,27H,6-7,19-20H2,1-5H3,(H,32,34)(H,33,39). The summed E-state index contributed by atoms with van der Waals surface area (Å²) in [6.45, 7) is 7.27. The average molecular weight is 524 g/mol. The number of likely N-dealkylation sites (N-methyl/N-ethyl adjacent to an activating group) is 1. The summed E-state index contributed by atoms with van der Waals surface area (Å²) in [5, 5.41) is 11.2. The van der Waals surface area contributed by atoms with E-state index in [9.17, 15) is 4.79 Å². The Morgan fingerprint density at radius 2 is 1.85 bits per heavy atom. The van der Waals surface area contributed by atoms with Crippen LogP contribution in [0.15, 0.2) is 72.0 Å². The highest BCUT2D eigenvalue weighted by Crippen LogP contribution is 2.35. The Hall–Kier alpha value is -4.17. The molecule has 202 valence electrons. The van der Waals surface area contributed by atoms with Gasteiger partial charge in [0.25, 0.3) is 0 Å². The van der Waals surface area contributed by atoms with Crippen LogP contribution in [0.5, 0.6) is 0 Å². The summed E-state index contributed by atoms with van der Waals surface area (Å²) in [6.07, 6.45) is 1.88. The molecule has 1 aliphatic heterocycles. The van der Waals surface area contributed by atoms with Crippen LogP contribution >= 0.6 is 0 Å². The number of hydrogen-bond donors (Lipinski definition) is 2. The molecule has 1 aliphatic rings. The van der Waals surface area contributed by atoms with E-state index in [1.54, 1.807) is 11.9 Å². The van der Waals surface area contributed by atoms with E-state index in [4.69, 9.17) is 5.10 Å². The number of H-pyrrole nitrogens is 1. The van der Waals surface area contributed by atoms with Gasteiger partial charge in [-0.25, -0.2) is 9.78 Å². The van der Waals surface area contributed by atoms with Gasteiger partial charge in [0.15, 0.2) is 0 Å². The zero-order valence-corrected chi connectivity index (χ0v) is 23.4. The summed E-state index contributed by atoms with van der Waals surface area (Å²) in [5.74, 6) is 0.103. The minimum Gasteiger partial charge on any atom is -0.339 e. The van der Waals surface area contributed by atoms with Crippen molar-refractivity contribution in [2.24, 2.45) is 5.10 Å². The Balaban J connectivity index is 1.46. The quantitative estimate of drug-likeness (QED) is 0.315. The maximum atomic E-state index is 12.3. The molecule has 0 spiro atoms. The molecule has 39 heavy (non-hydrogen) atoms. The third-order valence-electron chi connectivity index (χ3n) is 7.27. The molecule has 8 heteroatoms. The lowest BCUT2D eigenvalue weighted by Crippen LogP contribution is -2.30. The van der Waals surface area contributed by atoms with Crippen LogP contribution in [-0.2, 0) is 6.54 Å². The molecule has 2 aromatic heterocycles. The number of aromatic nitrogens is 2. The van der Waals surface area contributed by atoms with Gasteiger partial charge >= 0.3 is 6.03 Å². The zero-order valence-electron chi connectivity index (χ0n) is 23.4. The van der Waals surface area contributed by atoms with Crippen LogP contribution in [0.25, 0.3) is 22.3 Å². The monoisotopic (exact) mass is 523 g/mol. The van der Waals surface area contributed by atoms with Crippen molar-refractivity contribution in [1.29, 1.82) is 0 Å². The number of benzene rings is 2. The predicted octanol–water partition coefficient (Wildman–Crippen LogP) is 5.60. The van der Waals surface area contributed by atoms with Crippen molar-refractivity contribution in [3.05, 3.63) is 83.6 Å². The predicted molar refractivity (Wildman–Crippen MR) is 159 cm³/mol. The van der Waals surface area contributed by atoms with E-state index in [0.717, 1.165) is 58.9 Å². The summed E-state index contributed by atoms with van der Waals surface area (Å²) in [7, 11) is 5.95. The maximum absolute atomic E-state index is 12.3. The molecule has 2 aromatic carbocycles. The number of hydrogen-bond acceptors (Lipinski definition) is 5. The highest BCUT2D eigenvalue weighted by molar-refractivity contribution is 6.08. The van der Waals surface area contributed by atoms with Crippen LogP contribution in [0.3, 0.4) is 0 Å². The third-order valence-corrected chi connectivity index (χ3v) is 7.27. The lowest BCUT2D eigenvalue weighted by Gasteiger charge is -2.17. The molecule has 0 saturated carbocycles. The molecule has 1 atom stereocenters. The molecule has 0 aliphatic carbocycles. The fourth-order valence-electron chi connectivity index (χ4n) is 5.06. The summed E-state index contributed by atoms with van der Waals surface area (Å²) in [6, 6.07) is 20.9. The first-order valence-electron chi connectivity index (χ1n) is 13.5. The molecular formula is C31H37N7O. The van der Waals surface area contributed by atoms with Gasteiger partial charge in [-0.1, -0.05) is 30.3 Å². The van der Waals surface area contributed by atoms with E-state index in [1.165, 1.54) is 11.1 Å². The van der Waals surface area contributed by atoms with Gasteiger partial charge in [0, 0.05) is 62.1 Å². The summed E-state index contributed by atoms with van der Waals surface area (Å²) < 4.78 is 0. The Labute approximate surface area is 230 Å². The van der Waals surface area contributed by atoms with Gasteiger partial charge < -0.3 is 20.1 Å². The molecule has 3 heterocycles. The summed E-state index contributed by atoms with van der Waals surface area (Å²) >= 11 is 0. The first-order valence-corrected chi connectivity index (χ1v) is 13.5. The average Bonchev–Trinajstić information content (AvgIpc) is 3.57. The minimum absolute atomic E-state index is 0.103. The summed E-state index contributed by atoms with van der Waals surface area (Å²) in [4.78, 5) is 24.3. The minimum atomic E-state index is -0.117. The van der Waals surface area contributed by atoms with Crippen molar-refractivity contribution >= 4 is 28.5 Å². The van der Waals surface area contributed by atoms with Crippen molar-refractivity contribution < 1.29 is 4.79 Å². The number of rotatable bonds is 8. The van der Waals surface area contributed by atoms with E-state index in [0.29, 0.717) is 6.54 Å². The van der Waals surface area contributed by atoms with Gasteiger partial charge in [-0.3, -0.25) is 5.01 Å². The van der Waals surface area contributed by atoms with Crippen LogP contribution in [-0.4, -0.2) is 77.3 Å². The van der Waals surface area contributed by atoms with Gasteiger partial charge in [0.05, 0.1) is 5.71 Å². The van der Waals surface area contributed by atoms with Crippen molar-refractivity contribution in [2.75, 3.05) is 46.1 Å². The number of carbonyl (C=O) groups excluding carboxylic acids is 1. The number of urea groups is 1. The number of nitrogens with zero attached hydrogens (tertiary/aromatic N) is 5. The lowest BCUT2D eigenvalue weighted by atomic mass is 9.89. The lowest BCUT2D eigenvalue weighted by molar-refractivity contribution is 0.224. The molecule has 0 bridgehead atoms. The van der Waals surface area contributed by atoms with E-state index in [2.05, 4.69) is 82.6 Å². The van der Waals surface area contributed by atoms with Gasteiger partial charge in [0.2, 0.25) is 0 Å². The van der Waals surface area contributed by atoms with Crippen molar-refractivity contribution in [3.63, 3.8) is 0 Å². The number of fused-ring (bicyclic) bond motifs is 1. The number of hydrazone groups is 1. The smallest absolute Gasteiger partial charge is 0.321 e. The highest BCUT2D eigenvalue weighted by atomic mass is 16.2. The zero-order chi connectivity index (χ0) is 27.5. The van der Waals surface area contributed by atoms with Gasteiger partial charge in [0.1, 0.15) is 5.65 Å². The number of amides is 2. The highest BCUT2D eigenvalue weighted by Gasteiger charge is 2.30. The van der Waals surface area contributed by atoms with Gasteiger partial charge in [-0.15, -0.1) is 0 Å². The van der Waals surface area contributed by atoms with E-state index >= 15 is 0 Å². The Bertz CT molecular complexity index is 1490. The first-order chi connectivity index (χ1) is 18.9. The fraction of sp³-hybridized carbons (Fsp3) is 0.323. The van der Waals surface area contributed by atoms with E-state index in [-0.39, 0.29) is 11.9 Å². The van der Waals surface area contributed by atoms with Crippen LogP contribution in [0, 0.1) is 0 Å². The normalized spacial score (nSPS) is 15.2. The van der Waals surface area contributed by atoms with Gasteiger partial charge in [-0.2, -0.15) is 5.10 Å². The van der Waals surface area contributed by atoms with Crippen LogP contribution in [0.2, 0.25) is 0 Å². The molecular weight excluding hydrogens is 486 g/mol. The second kappa shape index (κ2) is 11.3. The molecule has 0 radical (unpaired) electrons. The Morgan fingerprint density at radius 3 is 2.56 bits per heavy atom. The van der Waals surface area contributed by atoms with E-state index in [1.807, 2.05) is 37.4 Å². The number of anilines is 1. The number of pyridine rings is 1. The molecule has 0 saturated heterocycles. The Kier molecular flexibility index (Phi) is 7.65. The second-order valence-electron chi connectivity index (χ2n) is 10.3. The van der Waals surface area contributed by atoms with Gasteiger partial charge in [-0.05, 0) is 80.5 Å². The molecule has 5 rings (SSSR count). The summed E-state index contributed by atoms with van der Waals surface area (Å²) in [5.41, 5.74) is 8.43. The van der Waals surface area contributed by atoms with Crippen LogP contribution < -0.4 is 5.32 Å². The fourth-order valence-corrected chi connectivity index (χ4v) is 5.06. The second-order valence-corrected chi connectivity index (χ2v) is 10.3.